The summed E-state index contributed by atoms with van der Waals surface area (Å²) in [6, 6.07) is 8.66. The van der Waals surface area contributed by atoms with Crippen LogP contribution in [0.25, 0.3) is 0 Å². The Morgan fingerprint density at radius 2 is 1.96 bits per heavy atom. The molecule has 1 aromatic carbocycles. The molecule has 8 nitrogen and oxygen atoms in total. The van der Waals surface area contributed by atoms with Crippen molar-refractivity contribution in [1.82, 2.24) is 9.97 Å². The summed E-state index contributed by atoms with van der Waals surface area (Å²) in [5.41, 5.74) is 1.62. The van der Waals surface area contributed by atoms with Gasteiger partial charge in [0.2, 0.25) is 5.91 Å². The molecule has 0 spiro atoms. The third kappa shape index (κ3) is 5.92. The molecule has 0 radical (unpaired) electrons. The van der Waals surface area contributed by atoms with E-state index in [9.17, 15) is 14.4 Å². The molecule has 9 heteroatoms. The van der Waals surface area contributed by atoms with Gasteiger partial charge in [0.15, 0.2) is 5.16 Å². The van der Waals surface area contributed by atoms with Gasteiger partial charge < -0.3 is 19.9 Å². The summed E-state index contributed by atoms with van der Waals surface area (Å²) in [5, 5.41) is 3.05. The van der Waals surface area contributed by atoms with Crippen molar-refractivity contribution in [2.24, 2.45) is 0 Å². The summed E-state index contributed by atoms with van der Waals surface area (Å²) in [7, 11) is 5.14. The van der Waals surface area contributed by atoms with Crippen LogP contribution < -0.4 is 15.8 Å². The van der Waals surface area contributed by atoms with E-state index in [1.807, 2.05) is 43.3 Å². The monoisotopic (exact) mass is 376 g/mol. The Kier molecular flexibility index (Phi) is 6.79. The van der Waals surface area contributed by atoms with Crippen molar-refractivity contribution < 1.29 is 14.3 Å². The lowest BCUT2D eigenvalue weighted by atomic mass is 10.2. The zero-order chi connectivity index (χ0) is 19.1. The van der Waals surface area contributed by atoms with Crippen molar-refractivity contribution in [2.75, 3.05) is 37.2 Å². The van der Waals surface area contributed by atoms with Crippen LogP contribution >= 0.6 is 11.8 Å². The summed E-state index contributed by atoms with van der Waals surface area (Å²) in [6.45, 7) is 0. The number of benzene rings is 1. The fourth-order valence-electron chi connectivity index (χ4n) is 2.04. The minimum Gasteiger partial charge on any atom is -0.469 e. The number of H-pyrrole nitrogens is 1. The molecule has 2 rings (SSSR count). The van der Waals surface area contributed by atoms with Crippen LogP contribution in [-0.2, 0) is 20.7 Å². The lowest BCUT2D eigenvalue weighted by molar-refractivity contribution is -0.139. The van der Waals surface area contributed by atoms with Crippen LogP contribution in [-0.4, -0.2) is 48.8 Å². The maximum atomic E-state index is 12.1. The van der Waals surface area contributed by atoms with Gasteiger partial charge in [-0.3, -0.25) is 14.4 Å². The van der Waals surface area contributed by atoms with Gasteiger partial charge in [0.1, 0.15) is 0 Å². The fraction of sp³-hybridized carbons (Fsp3) is 0.294. The molecule has 0 aliphatic heterocycles. The average molecular weight is 376 g/mol. The SMILES string of the molecule is COC(=O)Cc1cc(=O)[nH]c(SCC(=O)Nc2ccc(N(C)C)cc2)n1. The number of thioether (sulfide) groups is 1. The highest BCUT2D eigenvalue weighted by molar-refractivity contribution is 7.99. The number of anilines is 2. The number of rotatable bonds is 7. The molecular weight excluding hydrogens is 356 g/mol. The molecule has 0 fully saturated rings. The van der Waals surface area contributed by atoms with Crippen LogP contribution in [0.3, 0.4) is 0 Å². The first-order valence-corrected chi connectivity index (χ1v) is 8.73. The van der Waals surface area contributed by atoms with Gasteiger partial charge in [-0.2, -0.15) is 0 Å². The van der Waals surface area contributed by atoms with Crippen molar-refractivity contribution in [3.63, 3.8) is 0 Å². The first-order valence-electron chi connectivity index (χ1n) is 7.74. The summed E-state index contributed by atoms with van der Waals surface area (Å²) < 4.78 is 4.56. The van der Waals surface area contributed by atoms with Crippen LogP contribution in [0.4, 0.5) is 11.4 Å². The van der Waals surface area contributed by atoms with Crippen molar-refractivity contribution in [2.45, 2.75) is 11.6 Å². The standard InChI is InChI=1S/C17H20N4O4S/c1-21(2)13-6-4-11(5-7-13)18-15(23)10-26-17-19-12(8-14(22)20-17)9-16(24)25-3/h4-8H,9-10H2,1-3H3,(H,18,23)(H,19,20,22). The van der Waals surface area contributed by atoms with E-state index in [2.05, 4.69) is 20.0 Å². The smallest absolute Gasteiger partial charge is 0.311 e. The largest absolute Gasteiger partial charge is 0.469 e. The third-order valence-electron chi connectivity index (χ3n) is 3.33. The molecule has 1 aromatic heterocycles. The first-order chi connectivity index (χ1) is 12.4. The number of nitrogens with zero attached hydrogens (tertiary/aromatic N) is 2. The number of aromatic amines is 1. The molecule has 1 amide bonds. The molecule has 0 bridgehead atoms. The predicted octanol–water partition coefficient (Wildman–Crippen LogP) is 1.28. The lowest BCUT2D eigenvalue weighted by Gasteiger charge is -2.13. The third-order valence-corrected chi connectivity index (χ3v) is 4.21. The number of methoxy groups -OCH3 is 1. The van der Waals surface area contributed by atoms with E-state index in [1.165, 1.54) is 13.2 Å². The zero-order valence-corrected chi connectivity index (χ0v) is 15.6. The Morgan fingerprint density at radius 1 is 1.27 bits per heavy atom. The predicted molar refractivity (Wildman–Crippen MR) is 101 cm³/mol. The van der Waals surface area contributed by atoms with Gasteiger partial charge in [-0.05, 0) is 24.3 Å². The van der Waals surface area contributed by atoms with E-state index in [-0.39, 0.29) is 28.8 Å². The topological polar surface area (TPSA) is 104 Å². The maximum absolute atomic E-state index is 12.1. The maximum Gasteiger partial charge on any atom is 0.311 e. The molecule has 2 aromatic rings. The highest BCUT2D eigenvalue weighted by Gasteiger charge is 2.10. The molecule has 1 heterocycles. The van der Waals surface area contributed by atoms with Crippen LogP contribution in [0.15, 0.2) is 40.3 Å². The second-order valence-corrected chi connectivity index (χ2v) is 6.54. The van der Waals surface area contributed by atoms with E-state index in [0.29, 0.717) is 11.4 Å². The highest BCUT2D eigenvalue weighted by Crippen LogP contribution is 2.17. The van der Waals surface area contributed by atoms with Crippen molar-refractivity contribution in [3.05, 3.63) is 46.4 Å². The van der Waals surface area contributed by atoms with E-state index < -0.39 is 5.97 Å². The minimum absolute atomic E-state index is 0.0695. The molecular formula is C17H20N4O4S. The molecule has 138 valence electrons. The highest BCUT2D eigenvalue weighted by atomic mass is 32.2. The summed E-state index contributed by atoms with van der Waals surface area (Å²) in [6.07, 6.45) is -0.0988. The molecule has 0 atom stereocenters. The van der Waals surface area contributed by atoms with E-state index >= 15 is 0 Å². The Morgan fingerprint density at radius 3 is 2.58 bits per heavy atom. The van der Waals surface area contributed by atoms with Gasteiger partial charge in [0, 0.05) is 31.5 Å². The van der Waals surface area contributed by atoms with Gasteiger partial charge >= 0.3 is 5.97 Å². The number of hydrogen-bond donors (Lipinski definition) is 2. The van der Waals surface area contributed by atoms with Crippen molar-refractivity contribution >= 4 is 35.0 Å². The van der Waals surface area contributed by atoms with Crippen molar-refractivity contribution in [1.29, 1.82) is 0 Å². The Hall–Kier alpha value is -2.81. The molecule has 0 saturated heterocycles. The Labute approximate surface area is 155 Å². The number of nitrogens with one attached hydrogen (secondary N) is 2. The van der Waals surface area contributed by atoms with Crippen LogP contribution in [0.1, 0.15) is 5.69 Å². The summed E-state index contributed by atoms with van der Waals surface area (Å²) >= 11 is 1.08. The lowest BCUT2D eigenvalue weighted by Crippen LogP contribution is -2.17. The summed E-state index contributed by atoms with van der Waals surface area (Å²) in [4.78, 5) is 43.6. The van der Waals surface area contributed by atoms with Gasteiger partial charge in [0.05, 0.1) is 25.0 Å². The van der Waals surface area contributed by atoms with Crippen LogP contribution in [0.2, 0.25) is 0 Å². The van der Waals surface area contributed by atoms with E-state index in [4.69, 9.17) is 0 Å². The number of aromatic nitrogens is 2. The second-order valence-electron chi connectivity index (χ2n) is 5.57. The fourth-order valence-corrected chi connectivity index (χ4v) is 2.73. The number of ether oxygens (including phenoxy) is 1. The Balaban J connectivity index is 1.94. The molecule has 0 aliphatic carbocycles. The van der Waals surface area contributed by atoms with Gasteiger partial charge in [-0.1, -0.05) is 11.8 Å². The van der Waals surface area contributed by atoms with Crippen LogP contribution in [0, 0.1) is 0 Å². The average Bonchev–Trinajstić information content (AvgIpc) is 2.60. The molecule has 0 unspecified atom stereocenters. The van der Waals surface area contributed by atoms with Crippen molar-refractivity contribution in [3.8, 4) is 0 Å². The molecule has 2 N–H and O–H groups in total. The summed E-state index contributed by atoms with van der Waals surface area (Å²) in [5.74, 6) is -0.647. The number of esters is 1. The van der Waals surface area contributed by atoms with Gasteiger partial charge in [-0.15, -0.1) is 0 Å². The molecule has 26 heavy (non-hydrogen) atoms. The van der Waals surface area contributed by atoms with Gasteiger partial charge in [-0.25, -0.2) is 4.98 Å². The molecule has 0 saturated carbocycles. The zero-order valence-electron chi connectivity index (χ0n) is 14.7. The molecule has 0 aliphatic rings. The number of carbonyl (C=O) groups excluding carboxylic acids is 2. The minimum atomic E-state index is -0.488. The number of hydrogen-bond acceptors (Lipinski definition) is 7. The van der Waals surface area contributed by atoms with E-state index in [1.54, 1.807) is 0 Å². The van der Waals surface area contributed by atoms with Gasteiger partial charge in [0.25, 0.3) is 5.56 Å². The van der Waals surface area contributed by atoms with Crippen LogP contribution in [0.5, 0.6) is 0 Å². The normalized spacial score (nSPS) is 10.3. The Bertz CT molecular complexity index is 833. The first kappa shape index (κ1) is 19.5. The number of amides is 1. The second kappa shape index (κ2) is 9.04. The van der Waals surface area contributed by atoms with E-state index in [0.717, 1.165) is 17.4 Å². The number of carbonyl (C=O) groups is 2. The quantitative estimate of drug-likeness (QED) is 0.426.